The molecule has 0 saturated carbocycles. The topological polar surface area (TPSA) is 78.9 Å². The van der Waals surface area contributed by atoms with Gasteiger partial charge in [0.15, 0.2) is 5.82 Å². The number of fused-ring (bicyclic) bond motifs is 1. The van der Waals surface area contributed by atoms with Gasteiger partial charge in [0.25, 0.3) is 0 Å². The Hall–Kier alpha value is -1.75. The monoisotopic (exact) mass is 233 g/mol. The Kier molecular flexibility index (Phi) is 3.49. The molecule has 0 aliphatic carbocycles. The van der Waals surface area contributed by atoms with E-state index in [0.717, 1.165) is 12.8 Å². The van der Waals surface area contributed by atoms with Crippen molar-refractivity contribution in [3.63, 3.8) is 0 Å². The van der Waals surface area contributed by atoms with Crippen molar-refractivity contribution in [1.82, 2.24) is 15.0 Å². The Bertz CT molecular complexity index is 488. The van der Waals surface area contributed by atoms with E-state index in [1.807, 2.05) is 6.92 Å². The van der Waals surface area contributed by atoms with Crippen molar-refractivity contribution in [1.29, 1.82) is 0 Å². The number of pyridine rings is 1. The van der Waals surface area contributed by atoms with Gasteiger partial charge in [-0.3, -0.25) is 9.78 Å². The van der Waals surface area contributed by atoms with Crippen molar-refractivity contribution in [3.05, 3.63) is 24.3 Å². The summed E-state index contributed by atoms with van der Waals surface area (Å²) < 4.78 is 0. The molecule has 1 atom stereocenters. The van der Waals surface area contributed by atoms with Crippen molar-refractivity contribution in [2.24, 2.45) is 0 Å². The Morgan fingerprint density at radius 1 is 1.59 bits per heavy atom. The largest absolute Gasteiger partial charge is 0.385 e. The van der Waals surface area contributed by atoms with Gasteiger partial charge in [0, 0.05) is 6.20 Å². The normalized spacial score (nSPS) is 12.8. The maximum Gasteiger partial charge on any atom is 0.226 e. The predicted molar refractivity (Wildman–Crippen MR) is 63.8 cm³/mol. The lowest BCUT2D eigenvalue weighted by Gasteiger charge is -2.05. The zero-order valence-electron chi connectivity index (χ0n) is 9.68. The average Bonchev–Trinajstić information content (AvgIpc) is 2.78. The number of aromatic nitrogens is 3. The number of carbonyl (C=O) groups excluding carboxylic acids is 1. The molecule has 0 bridgehead atoms. The molecule has 5 nitrogen and oxygen atoms in total. The molecular weight excluding hydrogens is 218 g/mol. The summed E-state index contributed by atoms with van der Waals surface area (Å²) >= 11 is 0. The summed E-state index contributed by atoms with van der Waals surface area (Å²) in [7, 11) is 0. The summed E-state index contributed by atoms with van der Waals surface area (Å²) in [6, 6.07) is 1.72. The van der Waals surface area contributed by atoms with Gasteiger partial charge < -0.3 is 10.1 Å². The van der Waals surface area contributed by atoms with Gasteiger partial charge in [-0.1, -0.05) is 19.8 Å². The van der Waals surface area contributed by atoms with Crippen molar-refractivity contribution in [3.8, 4) is 0 Å². The van der Waals surface area contributed by atoms with E-state index in [2.05, 4.69) is 15.0 Å². The molecule has 0 aliphatic heterocycles. The van der Waals surface area contributed by atoms with Crippen LogP contribution in [0.15, 0.2) is 18.5 Å². The van der Waals surface area contributed by atoms with Crippen LogP contribution in [0.5, 0.6) is 0 Å². The molecule has 0 radical (unpaired) electrons. The lowest BCUT2D eigenvalue weighted by atomic mass is 10.1. The molecule has 0 saturated heterocycles. The SMILES string of the molecule is CCCCC(O)C(=O)c1nc2ccncc2[nH]1. The molecule has 0 aromatic carbocycles. The van der Waals surface area contributed by atoms with E-state index in [0.29, 0.717) is 17.5 Å². The summed E-state index contributed by atoms with van der Waals surface area (Å²) in [6.07, 6.45) is 4.51. The number of imidazole rings is 1. The molecule has 0 amide bonds. The van der Waals surface area contributed by atoms with Crippen molar-refractivity contribution >= 4 is 16.8 Å². The summed E-state index contributed by atoms with van der Waals surface area (Å²) in [5.41, 5.74) is 1.39. The summed E-state index contributed by atoms with van der Waals surface area (Å²) in [5.74, 6) is -0.147. The molecule has 1 unspecified atom stereocenters. The first kappa shape index (κ1) is 11.7. The van der Waals surface area contributed by atoms with Crippen LogP contribution in [0.3, 0.4) is 0 Å². The minimum absolute atomic E-state index is 0.205. The Balaban J connectivity index is 2.18. The van der Waals surface area contributed by atoms with Crippen molar-refractivity contribution < 1.29 is 9.90 Å². The summed E-state index contributed by atoms with van der Waals surface area (Å²) in [5, 5.41) is 9.70. The van der Waals surface area contributed by atoms with Gasteiger partial charge in [-0.15, -0.1) is 0 Å². The molecule has 2 aromatic rings. The number of nitrogens with zero attached hydrogens (tertiary/aromatic N) is 2. The standard InChI is InChI=1S/C12H15N3O2/c1-2-3-4-10(16)11(17)12-14-8-5-6-13-7-9(8)15-12/h5-7,10,16H,2-4H2,1H3,(H,14,15). The maximum absolute atomic E-state index is 11.9. The molecule has 17 heavy (non-hydrogen) atoms. The number of H-pyrrole nitrogens is 1. The van der Waals surface area contributed by atoms with Crippen LogP contribution in [0.25, 0.3) is 11.0 Å². The molecule has 90 valence electrons. The highest BCUT2D eigenvalue weighted by Crippen LogP contribution is 2.12. The molecule has 2 N–H and O–H groups in total. The average molecular weight is 233 g/mol. The van der Waals surface area contributed by atoms with E-state index in [9.17, 15) is 9.90 Å². The number of hydrogen-bond donors (Lipinski definition) is 2. The lowest BCUT2D eigenvalue weighted by molar-refractivity contribution is 0.0716. The van der Waals surface area contributed by atoms with Gasteiger partial charge in [0.2, 0.25) is 5.78 Å². The highest BCUT2D eigenvalue weighted by molar-refractivity contribution is 5.98. The first-order chi connectivity index (χ1) is 8.22. The van der Waals surface area contributed by atoms with Crippen LogP contribution in [0.1, 0.15) is 36.8 Å². The van der Waals surface area contributed by atoms with Crippen molar-refractivity contribution in [2.45, 2.75) is 32.3 Å². The number of aromatic amines is 1. The third kappa shape index (κ3) is 2.50. The molecule has 0 aliphatic rings. The molecule has 2 aromatic heterocycles. The second kappa shape index (κ2) is 5.05. The van der Waals surface area contributed by atoms with Crippen LogP contribution < -0.4 is 0 Å². The van der Waals surface area contributed by atoms with Crippen molar-refractivity contribution in [2.75, 3.05) is 0 Å². The Morgan fingerprint density at radius 3 is 3.12 bits per heavy atom. The van der Waals surface area contributed by atoms with E-state index < -0.39 is 6.10 Å². The van der Waals surface area contributed by atoms with Crippen LogP contribution in [-0.4, -0.2) is 31.9 Å². The minimum atomic E-state index is -0.969. The highest BCUT2D eigenvalue weighted by Gasteiger charge is 2.19. The van der Waals surface area contributed by atoms with Crippen LogP contribution >= 0.6 is 0 Å². The second-order valence-corrected chi connectivity index (χ2v) is 4.00. The number of unbranched alkanes of at least 4 members (excludes halogenated alkanes) is 1. The zero-order valence-corrected chi connectivity index (χ0v) is 9.68. The number of aliphatic hydroxyl groups is 1. The first-order valence-electron chi connectivity index (χ1n) is 5.74. The molecule has 5 heteroatoms. The molecule has 0 fully saturated rings. The van der Waals surface area contributed by atoms with E-state index in [1.165, 1.54) is 0 Å². The fraction of sp³-hybridized carbons (Fsp3) is 0.417. The molecule has 2 heterocycles. The van der Waals surface area contributed by atoms with Crippen LogP contribution in [0, 0.1) is 0 Å². The van der Waals surface area contributed by atoms with Crippen LogP contribution in [0.2, 0.25) is 0 Å². The Morgan fingerprint density at radius 2 is 2.41 bits per heavy atom. The van der Waals surface area contributed by atoms with Gasteiger partial charge >= 0.3 is 0 Å². The van der Waals surface area contributed by atoms with Crippen LogP contribution in [-0.2, 0) is 0 Å². The highest BCUT2D eigenvalue weighted by atomic mass is 16.3. The van der Waals surface area contributed by atoms with Gasteiger partial charge in [-0.25, -0.2) is 4.98 Å². The number of rotatable bonds is 5. The smallest absolute Gasteiger partial charge is 0.226 e. The van der Waals surface area contributed by atoms with Crippen LogP contribution in [0.4, 0.5) is 0 Å². The molecular formula is C12H15N3O2. The quantitative estimate of drug-likeness (QED) is 0.770. The van der Waals surface area contributed by atoms with E-state index >= 15 is 0 Å². The van der Waals surface area contributed by atoms with Gasteiger partial charge in [-0.2, -0.15) is 0 Å². The second-order valence-electron chi connectivity index (χ2n) is 4.00. The maximum atomic E-state index is 11.9. The number of nitrogens with one attached hydrogen (secondary N) is 1. The van der Waals surface area contributed by atoms with Gasteiger partial charge in [0.1, 0.15) is 6.10 Å². The fourth-order valence-electron chi connectivity index (χ4n) is 1.66. The molecule has 0 spiro atoms. The van der Waals surface area contributed by atoms with E-state index in [-0.39, 0.29) is 11.6 Å². The number of ketones is 1. The molecule has 2 rings (SSSR count). The van der Waals surface area contributed by atoms with Gasteiger partial charge in [-0.05, 0) is 12.5 Å². The summed E-state index contributed by atoms with van der Waals surface area (Å²) in [6.45, 7) is 2.02. The number of hydrogen-bond acceptors (Lipinski definition) is 4. The zero-order chi connectivity index (χ0) is 12.3. The fourth-order valence-corrected chi connectivity index (χ4v) is 1.66. The van der Waals surface area contributed by atoms with Gasteiger partial charge in [0.05, 0.1) is 17.2 Å². The summed E-state index contributed by atoms with van der Waals surface area (Å²) in [4.78, 5) is 22.8. The lowest BCUT2D eigenvalue weighted by Crippen LogP contribution is -2.21. The van der Waals surface area contributed by atoms with E-state index in [4.69, 9.17) is 0 Å². The minimum Gasteiger partial charge on any atom is -0.385 e. The first-order valence-corrected chi connectivity index (χ1v) is 5.74. The third-order valence-corrected chi connectivity index (χ3v) is 2.65. The number of carbonyl (C=O) groups is 1. The number of Topliss-reactive ketones (excluding diaryl/α,β-unsaturated/α-hetero) is 1. The third-order valence-electron chi connectivity index (χ3n) is 2.65. The Labute approximate surface area is 98.9 Å². The number of aliphatic hydroxyl groups excluding tert-OH is 1. The van der Waals surface area contributed by atoms with E-state index in [1.54, 1.807) is 18.5 Å². The predicted octanol–water partition coefficient (Wildman–Crippen LogP) is 1.69.